The minimum absolute atomic E-state index is 0.710. The van der Waals surface area contributed by atoms with Crippen LogP contribution in [0.25, 0.3) is 0 Å². The summed E-state index contributed by atoms with van der Waals surface area (Å²) in [5.74, 6) is 0. The van der Waals surface area contributed by atoms with E-state index in [1.54, 1.807) is 0 Å². The van der Waals surface area contributed by atoms with Crippen LogP contribution in [-0.4, -0.2) is 13.1 Å². The predicted octanol–water partition coefficient (Wildman–Crippen LogP) is 4.23. The van der Waals surface area contributed by atoms with Crippen molar-refractivity contribution >= 4 is 0 Å². The van der Waals surface area contributed by atoms with Gasteiger partial charge in [0.05, 0.1) is 0 Å². The van der Waals surface area contributed by atoms with Gasteiger partial charge in [-0.25, -0.2) is 0 Å². The maximum absolute atomic E-state index is 3.37. The Hall–Kier alpha value is -0.0400. The van der Waals surface area contributed by atoms with Crippen LogP contribution >= 0.6 is 0 Å². The highest BCUT2D eigenvalue weighted by molar-refractivity contribution is 4.83. The summed E-state index contributed by atoms with van der Waals surface area (Å²) in [4.78, 5) is 0. The van der Waals surface area contributed by atoms with E-state index in [1.165, 1.54) is 32.2 Å². The molecule has 0 aliphatic heterocycles. The molecule has 1 heteroatoms. The van der Waals surface area contributed by atoms with Gasteiger partial charge in [-0.1, -0.05) is 48.0 Å². The minimum Gasteiger partial charge on any atom is -0.317 e. The molecule has 0 unspecified atom stereocenters. The van der Waals surface area contributed by atoms with Crippen LogP contribution < -0.4 is 5.32 Å². The largest absolute Gasteiger partial charge is 0.317 e. The van der Waals surface area contributed by atoms with Gasteiger partial charge in [-0.3, -0.25) is 0 Å². The Morgan fingerprint density at radius 1 is 1.07 bits per heavy atom. The van der Waals surface area contributed by atoms with Crippen molar-refractivity contribution in [3.8, 4) is 0 Å². The maximum atomic E-state index is 3.37. The molecule has 0 aromatic carbocycles. The molecule has 1 N–H and O–H groups in total. The second kappa shape index (κ2) is 11.0. The smallest absolute Gasteiger partial charge is 0.00438 e. The van der Waals surface area contributed by atoms with Crippen LogP contribution in [-0.2, 0) is 0 Å². The fourth-order valence-corrected chi connectivity index (χ4v) is 1.60. The Balaban J connectivity index is 0. The van der Waals surface area contributed by atoms with Gasteiger partial charge in [-0.15, -0.1) is 0 Å². The summed E-state index contributed by atoms with van der Waals surface area (Å²) in [5, 5.41) is 3.37. The summed E-state index contributed by atoms with van der Waals surface area (Å²) in [6.07, 6.45) is 5.75. The van der Waals surface area contributed by atoms with Crippen molar-refractivity contribution in [2.75, 3.05) is 13.1 Å². The fourth-order valence-electron chi connectivity index (χ4n) is 1.60. The summed E-state index contributed by atoms with van der Waals surface area (Å²) < 4.78 is 0. The molecular weight excluding hydrogens is 170 g/mol. The third kappa shape index (κ3) is 7.37. The van der Waals surface area contributed by atoms with E-state index in [4.69, 9.17) is 0 Å². The van der Waals surface area contributed by atoms with Gasteiger partial charge in [-0.2, -0.15) is 0 Å². The van der Waals surface area contributed by atoms with Gasteiger partial charge in [0.25, 0.3) is 0 Å². The van der Waals surface area contributed by atoms with Crippen molar-refractivity contribution < 1.29 is 0 Å². The Morgan fingerprint density at radius 2 is 1.57 bits per heavy atom. The zero-order chi connectivity index (χ0) is 11.4. The lowest BCUT2D eigenvalue weighted by molar-refractivity contribution is 0.146. The SMILES string of the molecule is CC.CC.CCNCCC1(C)CCC1. The van der Waals surface area contributed by atoms with Crippen LogP contribution in [0.3, 0.4) is 0 Å². The van der Waals surface area contributed by atoms with E-state index in [0.29, 0.717) is 5.41 Å². The normalized spacial score (nSPS) is 16.7. The minimum atomic E-state index is 0.710. The molecule has 0 bridgehead atoms. The van der Waals surface area contributed by atoms with E-state index in [-0.39, 0.29) is 0 Å². The predicted molar refractivity (Wildman–Crippen MR) is 67.8 cm³/mol. The highest BCUT2D eigenvalue weighted by atomic mass is 14.8. The molecule has 1 nitrogen and oxygen atoms in total. The van der Waals surface area contributed by atoms with E-state index in [0.717, 1.165) is 6.54 Å². The van der Waals surface area contributed by atoms with E-state index < -0.39 is 0 Å². The van der Waals surface area contributed by atoms with Gasteiger partial charge in [-0.05, 0) is 37.8 Å². The zero-order valence-electron chi connectivity index (χ0n) is 11.2. The molecule has 0 radical (unpaired) electrons. The lowest BCUT2D eigenvalue weighted by Gasteiger charge is -2.38. The Morgan fingerprint density at radius 3 is 1.86 bits per heavy atom. The van der Waals surface area contributed by atoms with Crippen LogP contribution in [0.2, 0.25) is 0 Å². The van der Waals surface area contributed by atoms with Crippen LogP contribution in [0.4, 0.5) is 0 Å². The second-order valence-corrected chi connectivity index (χ2v) is 3.77. The molecule has 1 fully saturated rings. The molecule has 0 atom stereocenters. The topological polar surface area (TPSA) is 12.0 Å². The molecule has 0 spiro atoms. The third-order valence-electron chi connectivity index (χ3n) is 2.72. The van der Waals surface area contributed by atoms with Gasteiger partial charge in [0.1, 0.15) is 0 Å². The first kappa shape index (κ1) is 16.4. The molecule has 14 heavy (non-hydrogen) atoms. The molecule has 0 aromatic rings. The maximum Gasteiger partial charge on any atom is -0.00438 e. The second-order valence-electron chi connectivity index (χ2n) is 3.77. The van der Waals surface area contributed by atoms with Crippen LogP contribution in [0.15, 0.2) is 0 Å². The van der Waals surface area contributed by atoms with Gasteiger partial charge in [0.2, 0.25) is 0 Å². The van der Waals surface area contributed by atoms with E-state index in [9.17, 15) is 0 Å². The molecule has 0 aromatic heterocycles. The van der Waals surface area contributed by atoms with Crippen molar-refractivity contribution in [3.63, 3.8) is 0 Å². The third-order valence-corrected chi connectivity index (χ3v) is 2.72. The van der Waals surface area contributed by atoms with E-state index in [2.05, 4.69) is 19.2 Å². The monoisotopic (exact) mass is 201 g/mol. The van der Waals surface area contributed by atoms with Gasteiger partial charge < -0.3 is 5.32 Å². The first-order valence-electron chi connectivity index (χ1n) is 6.47. The fraction of sp³-hybridized carbons (Fsp3) is 1.00. The molecule has 88 valence electrons. The summed E-state index contributed by atoms with van der Waals surface area (Å²) in [5.41, 5.74) is 0.710. The summed E-state index contributed by atoms with van der Waals surface area (Å²) in [7, 11) is 0. The van der Waals surface area contributed by atoms with Crippen LogP contribution in [0, 0.1) is 5.41 Å². The molecule has 1 aliphatic rings. The molecular formula is C13H31N. The number of hydrogen-bond donors (Lipinski definition) is 1. The van der Waals surface area contributed by atoms with Gasteiger partial charge >= 0.3 is 0 Å². The Labute approximate surface area is 91.7 Å². The molecule has 0 heterocycles. The molecule has 1 aliphatic carbocycles. The number of hydrogen-bond acceptors (Lipinski definition) is 1. The van der Waals surface area contributed by atoms with Crippen molar-refractivity contribution in [1.82, 2.24) is 5.32 Å². The van der Waals surface area contributed by atoms with Crippen LogP contribution in [0.5, 0.6) is 0 Å². The van der Waals surface area contributed by atoms with Crippen molar-refractivity contribution in [1.29, 1.82) is 0 Å². The van der Waals surface area contributed by atoms with Gasteiger partial charge in [0.15, 0.2) is 0 Å². The standard InChI is InChI=1S/C9H19N.2C2H6/c1-3-10-8-7-9(2)5-4-6-9;2*1-2/h10H,3-8H2,1-2H3;2*1-2H3. The van der Waals surface area contributed by atoms with Crippen LogP contribution in [0.1, 0.15) is 67.2 Å². The average molecular weight is 201 g/mol. The first-order valence-corrected chi connectivity index (χ1v) is 6.47. The number of rotatable bonds is 4. The summed E-state index contributed by atoms with van der Waals surface area (Å²) in [6, 6.07) is 0. The number of nitrogens with one attached hydrogen (secondary N) is 1. The zero-order valence-corrected chi connectivity index (χ0v) is 11.2. The highest BCUT2D eigenvalue weighted by Crippen LogP contribution is 2.42. The Kier molecular flexibility index (Phi) is 12.9. The van der Waals surface area contributed by atoms with Crippen molar-refractivity contribution in [3.05, 3.63) is 0 Å². The first-order chi connectivity index (χ1) is 6.77. The lowest BCUT2D eigenvalue weighted by atomic mass is 9.68. The molecule has 1 saturated carbocycles. The van der Waals surface area contributed by atoms with E-state index >= 15 is 0 Å². The lowest BCUT2D eigenvalue weighted by Crippen LogP contribution is -2.30. The van der Waals surface area contributed by atoms with E-state index in [1.807, 2.05) is 27.7 Å². The molecule has 1 rings (SSSR count). The van der Waals surface area contributed by atoms with Gasteiger partial charge in [0, 0.05) is 0 Å². The summed E-state index contributed by atoms with van der Waals surface area (Å²) in [6.45, 7) is 14.9. The quantitative estimate of drug-likeness (QED) is 0.671. The highest BCUT2D eigenvalue weighted by Gasteiger charge is 2.30. The molecule has 0 saturated heterocycles. The Bertz CT molecular complexity index is 95.4. The van der Waals surface area contributed by atoms with Crippen molar-refractivity contribution in [2.24, 2.45) is 5.41 Å². The van der Waals surface area contributed by atoms with Crippen molar-refractivity contribution in [2.45, 2.75) is 67.2 Å². The average Bonchev–Trinajstić information content (AvgIpc) is 2.22. The molecule has 0 amide bonds. The summed E-state index contributed by atoms with van der Waals surface area (Å²) >= 11 is 0.